The van der Waals surface area contributed by atoms with Crippen molar-refractivity contribution in [2.24, 2.45) is 7.05 Å². The van der Waals surface area contributed by atoms with Crippen LogP contribution in [0.2, 0.25) is 0 Å². The third-order valence-electron chi connectivity index (χ3n) is 3.04. The van der Waals surface area contributed by atoms with Crippen molar-refractivity contribution in [3.63, 3.8) is 0 Å². The van der Waals surface area contributed by atoms with Gasteiger partial charge in [0.05, 0.1) is 0 Å². The van der Waals surface area contributed by atoms with Gasteiger partial charge in [-0.15, -0.1) is 0 Å². The molecule has 1 aromatic heterocycles. The minimum atomic E-state index is 0.117. The molecule has 2 aromatic rings. The zero-order valence-corrected chi connectivity index (χ0v) is 10.7. The summed E-state index contributed by atoms with van der Waals surface area (Å²) in [4.78, 5) is 10.4. The summed E-state index contributed by atoms with van der Waals surface area (Å²) in [7, 11) is 2.08. The minimum Gasteiger partial charge on any atom is -0.347 e. The van der Waals surface area contributed by atoms with Crippen LogP contribution in [0.4, 0.5) is 5.69 Å². The number of hydrogen-bond acceptors (Lipinski definition) is 1. The molecule has 0 spiro atoms. The maximum Gasteiger partial charge on any atom is 0.211 e. The number of hydrogen-bond donors (Lipinski definition) is 1. The molecule has 1 N–H and O–H groups in total. The summed E-state index contributed by atoms with van der Waals surface area (Å²) in [6, 6.07) is 8.14. The van der Waals surface area contributed by atoms with E-state index >= 15 is 0 Å². The Morgan fingerprint density at radius 2 is 1.94 bits per heavy atom. The zero-order chi connectivity index (χ0) is 12.6. The fourth-order valence-corrected chi connectivity index (χ4v) is 2.23. The number of aromatic nitrogens is 1. The summed E-state index contributed by atoms with van der Waals surface area (Å²) in [6.45, 7) is 6.60. The summed E-state index contributed by atoms with van der Waals surface area (Å²) in [5.74, 6) is 0. The van der Waals surface area contributed by atoms with Gasteiger partial charge in [-0.1, -0.05) is 20.8 Å². The van der Waals surface area contributed by atoms with Crippen LogP contribution < -0.4 is 5.32 Å². The summed E-state index contributed by atoms with van der Waals surface area (Å²) in [5, 5.41) is 3.83. The van der Waals surface area contributed by atoms with Gasteiger partial charge in [0.25, 0.3) is 0 Å². The number of nitrogens with one attached hydrogen (secondary N) is 1. The van der Waals surface area contributed by atoms with Crippen molar-refractivity contribution in [2.75, 3.05) is 5.32 Å². The lowest BCUT2D eigenvalue weighted by molar-refractivity contribution is -0.105. The quantitative estimate of drug-likeness (QED) is 0.790. The first-order valence-corrected chi connectivity index (χ1v) is 5.73. The molecule has 0 fully saturated rings. The van der Waals surface area contributed by atoms with E-state index in [4.69, 9.17) is 0 Å². The third-order valence-corrected chi connectivity index (χ3v) is 3.04. The van der Waals surface area contributed by atoms with Crippen LogP contribution in [-0.4, -0.2) is 11.0 Å². The van der Waals surface area contributed by atoms with Crippen molar-refractivity contribution in [2.45, 2.75) is 26.2 Å². The molecule has 0 aliphatic carbocycles. The molecule has 0 radical (unpaired) electrons. The zero-order valence-electron chi connectivity index (χ0n) is 10.7. The van der Waals surface area contributed by atoms with E-state index in [0.717, 1.165) is 11.1 Å². The SMILES string of the molecule is Cn1c(C(C)(C)C)cc2cc(NC=O)ccc21. The Bertz CT molecular complexity index is 561. The van der Waals surface area contributed by atoms with Crippen LogP contribution >= 0.6 is 0 Å². The number of benzene rings is 1. The van der Waals surface area contributed by atoms with Crippen molar-refractivity contribution in [1.82, 2.24) is 4.57 Å². The summed E-state index contributed by atoms with van der Waals surface area (Å²) in [6.07, 6.45) is 0.703. The Hall–Kier alpha value is -1.77. The van der Waals surface area contributed by atoms with Gasteiger partial charge in [-0.3, -0.25) is 4.79 Å². The monoisotopic (exact) mass is 230 g/mol. The number of carbonyl (C=O) groups excluding carboxylic acids is 1. The average molecular weight is 230 g/mol. The van der Waals surface area contributed by atoms with Gasteiger partial charge in [-0.25, -0.2) is 0 Å². The van der Waals surface area contributed by atoms with Gasteiger partial charge < -0.3 is 9.88 Å². The van der Waals surface area contributed by atoms with Crippen LogP contribution in [-0.2, 0) is 17.3 Å². The number of nitrogens with zero attached hydrogens (tertiary/aromatic N) is 1. The molecule has 1 amide bonds. The molecular weight excluding hydrogens is 212 g/mol. The van der Waals surface area contributed by atoms with E-state index in [2.05, 4.69) is 43.8 Å². The maximum absolute atomic E-state index is 10.4. The lowest BCUT2D eigenvalue weighted by atomic mass is 9.92. The predicted molar refractivity (Wildman–Crippen MR) is 71.3 cm³/mol. The molecule has 90 valence electrons. The van der Waals surface area contributed by atoms with Crippen LogP contribution in [0, 0.1) is 0 Å². The fourth-order valence-electron chi connectivity index (χ4n) is 2.23. The molecule has 0 aliphatic heterocycles. The van der Waals surface area contributed by atoms with E-state index in [0.29, 0.717) is 6.41 Å². The van der Waals surface area contributed by atoms with Crippen LogP contribution in [0.15, 0.2) is 24.3 Å². The maximum atomic E-state index is 10.4. The molecule has 3 heteroatoms. The second-order valence-corrected chi connectivity index (χ2v) is 5.37. The van der Waals surface area contributed by atoms with E-state index in [1.54, 1.807) is 0 Å². The van der Waals surface area contributed by atoms with Gasteiger partial charge in [0.1, 0.15) is 0 Å². The van der Waals surface area contributed by atoms with Gasteiger partial charge in [-0.05, 0) is 24.3 Å². The lowest BCUT2D eigenvalue weighted by Gasteiger charge is -2.19. The predicted octanol–water partition coefficient (Wildman–Crippen LogP) is 3.04. The highest BCUT2D eigenvalue weighted by Crippen LogP contribution is 2.29. The molecular formula is C14H18N2O. The van der Waals surface area contributed by atoms with E-state index in [1.807, 2.05) is 18.2 Å². The standard InChI is InChI=1S/C14H18N2O/c1-14(2,3)13-8-10-7-11(15-9-17)5-6-12(10)16(13)4/h5-9H,1-4H3,(H,15,17). The van der Waals surface area contributed by atoms with Crippen molar-refractivity contribution in [3.8, 4) is 0 Å². The summed E-state index contributed by atoms with van der Waals surface area (Å²) >= 11 is 0. The highest BCUT2D eigenvalue weighted by molar-refractivity contribution is 5.87. The Kier molecular flexibility index (Phi) is 2.69. The van der Waals surface area contributed by atoms with Gasteiger partial charge in [0.15, 0.2) is 0 Å². The Balaban J connectivity index is 2.61. The first kappa shape index (κ1) is 11.7. The molecule has 1 heterocycles. The van der Waals surface area contributed by atoms with E-state index in [9.17, 15) is 4.79 Å². The van der Waals surface area contributed by atoms with Crippen LogP contribution in [0.1, 0.15) is 26.5 Å². The molecule has 1 aromatic carbocycles. The van der Waals surface area contributed by atoms with Crippen molar-refractivity contribution in [3.05, 3.63) is 30.0 Å². The second kappa shape index (κ2) is 3.91. The van der Waals surface area contributed by atoms with E-state index < -0.39 is 0 Å². The van der Waals surface area contributed by atoms with E-state index in [-0.39, 0.29) is 5.41 Å². The Morgan fingerprint density at radius 3 is 2.53 bits per heavy atom. The number of anilines is 1. The molecule has 0 bridgehead atoms. The summed E-state index contributed by atoms with van der Waals surface area (Å²) < 4.78 is 2.21. The second-order valence-electron chi connectivity index (χ2n) is 5.37. The first-order valence-electron chi connectivity index (χ1n) is 5.73. The topological polar surface area (TPSA) is 34.0 Å². The molecule has 3 nitrogen and oxygen atoms in total. The van der Waals surface area contributed by atoms with Crippen molar-refractivity contribution >= 4 is 23.0 Å². The van der Waals surface area contributed by atoms with E-state index in [1.165, 1.54) is 11.2 Å². The van der Waals surface area contributed by atoms with Gasteiger partial charge in [0, 0.05) is 34.7 Å². The fraction of sp³-hybridized carbons (Fsp3) is 0.357. The molecule has 0 atom stereocenters. The van der Waals surface area contributed by atoms with Crippen LogP contribution in [0.5, 0.6) is 0 Å². The average Bonchev–Trinajstić information content (AvgIpc) is 2.56. The molecule has 17 heavy (non-hydrogen) atoms. The molecule has 0 saturated heterocycles. The largest absolute Gasteiger partial charge is 0.347 e. The highest BCUT2D eigenvalue weighted by atomic mass is 16.1. The molecule has 0 aliphatic rings. The van der Waals surface area contributed by atoms with Gasteiger partial charge in [0.2, 0.25) is 6.41 Å². The summed E-state index contributed by atoms with van der Waals surface area (Å²) in [5.41, 5.74) is 3.42. The molecule has 0 saturated carbocycles. The third kappa shape index (κ3) is 2.05. The normalized spacial score (nSPS) is 11.8. The van der Waals surface area contributed by atoms with Crippen molar-refractivity contribution < 1.29 is 4.79 Å². The van der Waals surface area contributed by atoms with Crippen LogP contribution in [0.3, 0.4) is 0 Å². The van der Waals surface area contributed by atoms with Crippen molar-refractivity contribution in [1.29, 1.82) is 0 Å². The lowest BCUT2D eigenvalue weighted by Crippen LogP contribution is -2.15. The number of fused-ring (bicyclic) bond motifs is 1. The number of amides is 1. The highest BCUT2D eigenvalue weighted by Gasteiger charge is 2.19. The number of aryl methyl sites for hydroxylation is 1. The smallest absolute Gasteiger partial charge is 0.211 e. The Labute approximate surface area is 101 Å². The Morgan fingerprint density at radius 1 is 1.24 bits per heavy atom. The first-order chi connectivity index (χ1) is 7.93. The minimum absolute atomic E-state index is 0.117. The number of carbonyl (C=O) groups is 1. The molecule has 2 rings (SSSR count). The van der Waals surface area contributed by atoms with Gasteiger partial charge >= 0.3 is 0 Å². The van der Waals surface area contributed by atoms with Crippen LogP contribution in [0.25, 0.3) is 10.9 Å². The molecule has 0 unspecified atom stereocenters. The number of rotatable bonds is 2. The van der Waals surface area contributed by atoms with Gasteiger partial charge in [-0.2, -0.15) is 0 Å².